The van der Waals surface area contributed by atoms with Crippen molar-refractivity contribution in [3.8, 4) is 11.5 Å². The Labute approximate surface area is 388 Å². The summed E-state index contributed by atoms with van der Waals surface area (Å²) < 4.78 is 42.6. The number of hydrogen-bond acceptors (Lipinski definition) is 14. The third-order valence-electron chi connectivity index (χ3n) is 15.0. The number of ketones is 1. The molecule has 11 atom stereocenters. The Morgan fingerprint density at radius 3 is 1.88 bits per heavy atom. The van der Waals surface area contributed by atoms with Crippen molar-refractivity contribution < 1.29 is 62.5 Å². The molecule has 14 heteroatoms. The smallest absolute Gasteiger partial charge is 0.350 e. The van der Waals surface area contributed by atoms with E-state index in [-0.39, 0.29) is 30.9 Å². The molecule has 2 N–H and O–H groups in total. The minimum atomic E-state index is -1.89. The van der Waals surface area contributed by atoms with Crippen LogP contribution < -0.4 is 9.47 Å². The second kappa shape index (κ2) is 17.7. The zero-order chi connectivity index (χ0) is 47.3. The van der Waals surface area contributed by atoms with Gasteiger partial charge >= 0.3 is 17.9 Å². The van der Waals surface area contributed by atoms with E-state index in [0.717, 1.165) is 0 Å². The van der Waals surface area contributed by atoms with Crippen LogP contribution in [0.25, 0.3) is 0 Å². The van der Waals surface area contributed by atoms with Gasteiger partial charge < -0.3 is 43.4 Å². The Morgan fingerprint density at radius 1 is 0.761 bits per heavy atom. The van der Waals surface area contributed by atoms with Crippen LogP contribution in [0.15, 0.2) is 137 Å². The Hall–Kier alpha value is -6.35. The fourth-order valence-electron chi connectivity index (χ4n) is 11.4. The van der Waals surface area contributed by atoms with Gasteiger partial charge in [0, 0.05) is 29.7 Å². The number of nitrogens with zero attached hydrogens (tertiary/aromatic N) is 1. The third kappa shape index (κ3) is 7.98. The van der Waals surface area contributed by atoms with E-state index in [1.807, 2.05) is 66.7 Å². The van der Waals surface area contributed by atoms with E-state index < -0.39 is 107 Å². The zero-order valence-electron chi connectivity index (χ0n) is 38.0. The molecule has 5 aliphatic rings. The number of hydrogen-bond donors (Lipinski definition) is 2. The average Bonchev–Trinajstić information content (AvgIpc) is 3.79. The number of aliphatic imine (C=N–C) groups is 1. The van der Waals surface area contributed by atoms with Gasteiger partial charge in [-0.1, -0.05) is 106 Å². The molecule has 2 aliphatic heterocycles. The summed E-state index contributed by atoms with van der Waals surface area (Å²) in [5.74, 6) is -4.19. The first kappa shape index (κ1) is 45.8. The topological polar surface area (TPSA) is 186 Å². The molecule has 2 bridgehead atoms. The third-order valence-corrected chi connectivity index (χ3v) is 15.0. The van der Waals surface area contributed by atoms with Crippen molar-refractivity contribution in [2.45, 2.75) is 95.2 Å². The molecule has 3 aliphatic carbocycles. The Bertz CT molecular complexity index is 2570. The number of ether oxygens (including phenoxy) is 7. The lowest BCUT2D eigenvalue weighted by Gasteiger charge is -2.67. The molecule has 4 aromatic carbocycles. The molecule has 0 amide bonds. The maximum atomic E-state index is 16.0. The monoisotopic (exact) mass is 913 g/mol. The van der Waals surface area contributed by atoms with E-state index in [2.05, 4.69) is 0 Å². The highest BCUT2D eigenvalue weighted by Gasteiger charge is 2.75. The van der Waals surface area contributed by atoms with Gasteiger partial charge in [-0.25, -0.2) is 19.4 Å². The highest BCUT2D eigenvalue weighted by Crippen LogP contribution is 2.65. The van der Waals surface area contributed by atoms with Crippen molar-refractivity contribution in [2.75, 3.05) is 19.8 Å². The van der Waals surface area contributed by atoms with Gasteiger partial charge in [-0.15, -0.1) is 0 Å². The van der Waals surface area contributed by atoms with Gasteiger partial charge in [0.1, 0.15) is 35.3 Å². The minimum Gasteiger partial charge on any atom is -0.482 e. The number of fused-ring (bicyclic) bond motifs is 5. The van der Waals surface area contributed by atoms with Crippen molar-refractivity contribution in [3.63, 3.8) is 0 Å². The Balaban J connectivity index is 1.11. The number of benzene rings is 4. The van der Waals surface area contributed by atoms with Gasteiger partial charge in [0.25, 0.3) is 0 Å². The molecular formula is C53H55NO13. The standard InChI is InChI=1S/C53H55NO13/c1-31-37(64-49(58)45-43(33-18-10-6-11-19-33)54-48(67-45)34-20-12-7-13-21-34)27-53(60)32(2)46-51(5,38(26-39-52(46,59)30-63-39)65-40(55)28-61-35-22-14-8-15-23-35)47(57)44(42(31)50(53,3)4)66-41(56)29-62-36-24-16-9-17-25-36/h6-25,32,37-39,43-46,59-60H,26-30H2,1-5H3/t32?,37?,38?,39?,43?,44?,45-,46?,51?,52?,53?/m1/s1. The number of carbonyl (C=O) groups excluding carboxylic acids is 4. The first-order valence-corrected chi connectivity index (χ1v) is 22.7. The molecule has 3 fully saturated rings. The normalized spacial score (nSPS) is 32.6. The SMILES string of the molecule is CC1=C2C(OC(=O)COc3ccccc3)C(=O)C3(C)C(OC(=O)COc4ccccc4)CC4OCC4(O)C3C(C)C(O)(CC1OC(=O)[C@@H]1OC(c3ccccc3)=NC1c1ccccc1)C2(C)C. The summed E-state index contributed by atoms with van der Waals surface area (Å²) in [7, 11) is 0. The summed E-state index contributed by atoms with van der Waals surface area (Å²) >= 11 is 0. The quantitative estimate of drug-likeness (QED) is 0.0915. The van der Waals surface area contributed by atoms with Crippen LogP contribution in [0.1, 0.15) is 64.6 Å². The van der Waals surface area contributed by atoms with Gasteiger partial charge in [0.2, 0.25) is 12.0 Å². The second-order valence-electron chi connectivity index (χ2n) is 19.0. The lowest BCUT2D eigenvalue weighted by atomic mass is 9.42. The molecule has 0 aromatic heterocycles. The fraction of sp³-hybridized carbons (Fsp3) is 0.415. The summed E-state index contributed by atoms with van der Waals surface area (Å²) in [4.78, 5) is 63.3. The van der Waals surface area contributed by atoms with Crippen LogP contribution in [0.5, 0.6) is 11.5 Å². The minimum absolute atomic E-state index is 0.0755. The molecule has 9 rings (SSSR count). The first-order valence-electron chi connectivity index (χ1n) is 22.7. The molecule has 10 unspecified atom stereocenters. The average molecular weight is 914 g/mol. The van der Waals surface area contributed by atoms with E-state index >= 15 is 4.79 Å². The highest BCUT2D eigenvalue weighted by molar-refractivity contribution is 5.98. The maximum absolute atomic E-state index is 16.0. The second-order valence-corrected chi connectivity index (χ2v) is 19.0. The number of carbonyl (C=O) groups is 4. The van der Waals surface area contributed by atoms with Gasteiger partial charge in [-0.05, 0) is 72.9 Å². The van der Waals surface area contributed by atoms with Gasteiger partial charge in [0.05, 0.1) is 23.7 Å². The molecule has 67 heavy (non-hydrogen) atoms. The predicted molar refractivity (Wildman–Crippen MR) is 242 cm³/mol. The van der Waals surface area contributed by atoms with E-state index in [1.54, 1.807) is 89.2 Å². The molecule has 0 radical (unpaired) electrons. The van der Waals surface area contributed by atoms with Crippen molar-refractivity contribution in [1.82, 2.24) is 0 Å². The molecule has 14 nitrogen and oxygen atoms in total. The van der Waals surface area contributed by atoms with Crippen LogP contribution in [0.4, 0.5) is 0 Å². The van der Waals surface area contributed by atoms with E-state index in [0.29, 0.717) is 28.2 Å². The van der Waals surface area contributed by atoms with E-state index in [4.69, 9.17) is 38.2 Å². The molecule has 350 valence electrons. The van der Waals surface area contributed by atoms with Gasteiger partial charge in [-0.2, -0.15) is 0 Å². The number of para-hydroxylation sites is 2. The lowest BCUT2D eigenvalue weighted by Crippen LogP contribution is -2.79. The number of Topliss-reactive ketones (excluding diaryl/α,β-unsaturated/α-hetero) is 1. The van der Waals surface area contributed by atoms with Gasteiger partial charge in [0.15, 0.2) is 25.1 Å². The summed E-state index contributed by atoms with van der Waals surface area (Å²) in [6.07, 6.45) is -6.55. The van der Waals surface area contributed by atoms with Crippen LogP contribution in [0.3, 0.4) is 0 Å². The summed E-state index contributed by atoms with van der Waals surface area (Å²) in [6.45, 7) is 7.28. The first-order chi connectivity index (χ1) is 32.1. The molecular weight excluding hydrogens is 859 g/mol. The maximum Gasteiger partial charge on any atom is 0.350 e. The molecule has 1 saturated heterocycles. The highest BCUT2D eigenvalue weighted by atomic mass is 16.6. The molecule has 2 heterocycles. The van der Waals surface area contributed by atoms with Crippen LogP contribution >= 0.6 is 0 Å². The van der Waals surface area contributed by atoms with E-state index in [9.17, 15) is 24.6 Å². The number of aliphatic hydroxyl groups is 2. The zero-order valence-corrected chi connectivity index (χ0v) is 38.0. The van der Waals surface area contributed by atoms with Crippen LogP contribution in [0.2, 0.25) is 0 Å². The molecule has 2 saturated carbocycles. The number of rotatable bonds is 12. The summed E-state index contributed by atoms with van der Waals surface area (Å²) in [5.41, 5.74) is -4.80. The molecule has 4 aromatic rings. The van der Waals surface area contributed by atoms with Crippen molar-refractivity contribution in [1.29, 1.82) is 0 Å². The van der Waals surface area contributed by atoms with Gasteiger partial charge in [-0.3, -0.25) is 4.79 Å². The summed E-state index contributed by atoms with van der Waals surface area (Å²) in [5, 5.41) is 26.3. The predicted octanol–water partition coefficient (Wildman–Crippen LogP) is 6.32. The van der Waals surface area contributed by atoms with Crippen molar-refractivity contribution in [2.24, 2.45) is 27.7 Å². The Kier molecular flexibility index (Phi) is 12.1. The van der Waals surface area contributed by atoms with Crippen LogP contribution in [-0.2, 0) is 42.9 Å². The van der Waals surface area contributed by atoms with Crippen molar-refractivity contribution in [3.05, 3.63) is 144 Å². The van der Waals surface area contributed by atoms with E-state index in [1.165, 1.54) is 0 Å². The Morgan fingerprint density at radius 2 is 1.31 bits per heavy atom. The van der Waals surface area contributed by atoms with Crippen LogP contribution in [0, 0.1) is 22.7 Å². The molecule has 0 spiro atoms. The van der Waals surface area contributed by atoms with Crippen LogP contribution in [-0.4, -0.2) is 101 Å². The number of esters is 3. The lowest BCUT2D eigenvalue weighted by molar-refractivity contribution is -0.336. The van der Waals surface area contributed by atoms with Crippen molar-refractivity contribution >= 4 is 29.6 Å². The fourth-order valence-corrected chi connectivity index (χ4v) is 11.4. The summed E-state index contributed by atoms with van der Waals surface area (Å²) in [6, 6.07) is 35.0. The largest absolute Gasteiger partial charge is 0.482 e.